The molecule has 7 heteroatoms. The van der Waals surface area contributed by atoms with Crippen LogP contribution in [0.3, 0.4) is 0 Å². The van der Waals surface area contributed by atoms with E-state index in [0.717, 1.165) is 18.7 Å². The molecule has 0 N–H and O–H groups in total. The van der Waals surface area contributed by atoms with Gasteiger partial charge in [-0.1, -0.05) is 6.92 Å². The Morgan fingerprint density at radius 3 is 3.00 bits per heavy atom. The number of nitrogens with zero attached hydrogens (tertiary/aromatic N) is 6. The second-order valence-electron chi connectivity index (χ2n) is 3.42. The van der Waals surface area contributed by atoms with E-state index in [1.165, 1.54) is 4.80 Å². The van der Waals surface area contributed by atoms with Gasteiger partial charge in [0.15, 0.2) is 12.4 Å². The van der Waals surface area contributed by atoms with Crippen molar-refractivity contribution in [2.45, 2.75) is 26.5 Å². The van der Waals surface area contributed by atoms with Gasteiger partial charge < -0.3 is 4.74 Å². The fourth-order valence-electron chi connectivity index (χ4n) is 1.30. The SMILES string of the molecule is CCCn1cc(OCc2nnn(C)n2)cn1. The van der Waals surface area contributed by atoms with Crippen molar-refractivity contribution < 1.29 is 4.74 Å². The highest BCUT2D eigenvalue weighted by Gasteiger charge is 2.03. The van der Waals surface area contributed by atoms with Crippen LogP contribution in [0.15, 0.2) is 12.4 Å². The van der Waals surface area contributed by atoms with Gasteiger partial charge in [-0.15, -0.1) is 10.2 Å². The van der Waals surface area contributed by atoms with Crippen molar-refractivity contribution in [3.63, 3.8) is 0 Å². The van der Waals surface area contributed by atoms with Crippen LogP contribution in [0.4, 0.5) is 0 Å². The summed E-state index contributed by atoms with van der Waals surface area (Å²) < 4.78 is 7.32. The second kappa shape index (κ2) is 4.73. The van der Waals surface area contributed by atoms with Crippen molar-refractivity contribution >= 4 is 0 Å². The van der Waals surface area contributed by atoms with Crippen molar-refractivity contribution in [3.8, 4) is 5.75 Å². The fraction of sp³-hybridized carbons (Fsp3) is 0.556. The molecule has 0 aliphatic heterocycles. The van der Waals surface area contributed by atoms with Crippen LogP contribution in [0.5, 0.6) is 5.75 Å². The summed E-state index contributed by atoms with van der Waals surface area (Å²) >= 11 is 0. The lowest BCUT2D eigenvalue weighted by Crippen LogP contribution is -1.99. The molecule has 0 spiro atoms. The Bertz CT molecular complexity index is 448. The molecule has 16 heavy (non-hydrogen) atoms. The van der Waals surface area contributed by atoms with E-state index < -0.39 is 0 Å². The molecule has 0 atom stereocenters. The first-order valence-electron chi connectivity index (χ1n) is 5.16. The summed E-state index contributed by atoms with van der Waals surface area (Å²) in [6.07, 6.45) is 4.60. The third kappa shape index (κ3) is 2.56. The molecular weight excluding hydrogens is 208 g/mol. The van der Waals surface area contributed by atoms with Crippen molar-refractivity contribution in [1.82, 2.24) is 30.0 Å². The highest BCUT2D eigenvalue weighted by atomic mass is 16.5. The summed E-state index contributed by atoms with van der Waals surface area (Å²) in [7, 11) is 1.72. The summed E-state index contributed by atoms with van der Waals surface area (Å²) in [4.78, 5) is 1.40. The van der Waals surface area contributed by atoms with Crippen LogP contribution < -0.4 is 4.74 Å². The van der Waals surface area contributed by atoms with Gasteiger partial charge in [0.2, 0.25) is 5.82 Å². The fourth-order valence-corrected chi connectivity index (χ4v) is 1.30. The molecule has 86 valence electrons. The largest absolute Gasteiger partial charge is 0.482 e. The molecule has 0 unspecified atom stereocenters. The van der Waals surface area contributed by atoms with Gasteiger partial charge in [-0.25, -0.2) is 0 Å². The standard InChI is InChI=1S/C9H14N6O/c1-3-4-15-6-8(5-10-15)16-7-9-11-13-14(2)12-9/h5-6H,3-4,7H2,1-2H3. The van der Waals surface area contributed by atoms with Gasteiger partial charge in [0.25, 0.3) is 0 Å². The first kappa shape index (κ1) is 10.6. The summed E-state index contributed by atoms with van der Waals surface area (Å²) in [6, 6.07) is 0. The van der Waals surface area contributed by atoms with Gasteiger partial charge in [0.1, 0.15) is 0 Å². The number of aromatic nitrogens is 6. The van der Waals surface area contributed by atoms with E-state index in [0.29, 0.717) is 12.4 Å². The Kier molecular flexibility index (Phi) is 3.13. The number of hydrogen-bond donors (Lipinski definition) is 0. The summed E-state index contributed by atoms with van der Waals surface area (Å²) in [5, 5.41) is 15.7. The molecule has 2 rings (SSSR count). The van der Waals surface area contributed by atoms with Crippen LogP contribution in [0.2, 0.25) is 0 Å². The van der Waals surface area contributed by atoms with Crippen LogP contribution in [0.1, 0.15) is 19.2 Å². The number of aryl methyl sites for hydroxylation is 2. The van der Waals surface area contributed by atoms with E-state index in [1.54, 1.807) is 13.2 Å². The van der Waals surface area contributed by atoms with Crippen LogP contribution >= 0.6 is 0 Å². The van der Waals surface area contributed by atoms with E-state index in [1.807, 2.05) is 10.9 Å². The molecule has 2 aromatic rings. The molecule has 0 saturated heterocycles. The molecule has 0 amide bonds. The molecular formula is C9H14N6O. The smallest absolute Gasteiger partial charge is 0.212 e. The molecule has 0 bridgehead atoms. The monoisotopic (exact) mass is 222 g/mol. The number of ether oxygens (including phenoxy) is 1. The molecule has 0 aromatic carbocycles. The maximum Gasteiger partial charge on any atom is 0.212 e. The third-order valence-electron chi connectivity index (χ3n) is 1.98. The quantitative estimate of drug-likeness (QED) is 0.732. The maximum absolute atomic E-state index is 5.47. The summed E-state index contributed by atoms with van der Waals surface area (Å²) in [5.74, 6) is 1.28. The summed E-state index contributed by atoms with van der Waals surface area (Å²) in [6.45, 7) is 3.31. The van der Waals surface area contributed by atoms with Gasteiger partial charge in [-0.3, -0.25) is 4.68 Å². The van der Waals surface area contributed by atoms with Crippen molar-refractivity contribution in [3.05, 3.63) is 18.2 Å². The Labute approximate surface area is 93.0 Å². The van der Waals surface area contributed by atoms with Crippen LogP contribution in [-0.4, -0.2) is 30.0 Å². The van der Waals surface area contributed by atoms with E-state index in [2.05, 4.69) is 27.4 Å². The van der Waals surface area contributed by atoms with Gasteiger partial charge in [-0.05, 0) is 11.6 Å². The lowest BCUT2D eigenvalue weighted by Gasteiger charge is -1.98. The molecule has 2 aromatic heterocycles. The Morgan fingerprint density at radius 2 is 2.31 bits per heavy atom. The first-order chi connectivity index (χ1) is 7.78. The van der Waals surface area contributed by atoms with E-state index >= 15 is 0 Å². The molecule has 0 aliphatic carbocycles. The molecule has 2 heterocycles. The molecule has 0 saturated carbocycles. The van der Waals surface area contributed by atoms with Gasteiger partial charge in [-0.2, -0.15) is 9.90 Å². The minimum absolute atomic E-state index is 0.311. The Morgan fingerprint density at radius 1 is 1.44 bits per heavy atom. The average molecular weight is 222 g/mol. The second-order valence-corrected chi connectivity index (χ2v) is 3.42. The molecule has 0 aliphatic rings. The zero-order valence-electron chi connectivity index (χ0n) is 9.37. The highest BCUT2D eigenvalue weighted by Crippen LogP contribution is 2.09. The summed E-state index contributed by atoms with van der Waals surface area (Å²) in [5.41, 5.74) is 0. The van der Waals surface area contributed by atoms with Crippen molar-refractivity contribution in [1.29, 1.82) is 0 Å². The average Bonchev–Trinajstić information content (AvgIpc) is 2.85. The van der Waals surface area contributed by atoms with Crippen LogP contribution in [0.25, 0.3) is 0 Å². The predicted molar refractivity (Wildman–Crippen MR) is 55.6 cm³/mol. The normalized spacial score (nSPS) is 10.6. The number of hydrogen-bond acceptors (Lipinski definition) is 5. The zero-order chi connectivity index (χ0) is 11.4. The Hall–Kier alpha value is -1.92. The lowest BCUT2D eigenvalue weighted by atomic mass is 10.5. The van der Waals surface area contributed by atoms with E-state index in [-0.39, 0.29) is 0 Å². The van der Waals surface area contributed by atoms with Crippen LogP contribution in [0, 0.1) is 0 Å². The topological polar surface area (TPSA) is 70.7 Å². The van der Waals surface area contributed by atoms with Gasteiger partial charge in [0, 0.05) is 6.54 Å². The predicted octanol–water partition coefficient (Wildman–Crippen LogP) is 0.396. The first-order valence-corrected chi connectivity index (χ1v) is 5.16. The molecule has 0 radical (unpaired) electrons. The lowest BCUT2D eigenvalue weighted by molar-refractivity contribution is 0.295. The highest BCUT2D eigenvalue weighted by molar-refractivity contribution is 5.11. The molecule has 0 fully saturated rings. The van der Waals surface area contributed by atoms with Gasteiger partial charge >= 0.3 is 0 Å². The van der Waals surface area contributed by atoms with Crippen molar-refractivity contribution in [2.75, 3.05) is 0 Å². The number of rotatable bonds is 5. The van der Waals surface area contributed by atoms with Crippen molar-refractivity contribution in [2.24, 2.45) is 7.05 Å². The van der Waals surface area contributed by atoms with Gasteiger partial charge in [0.05, 0.1) is 19.4 Å². The van der Waals surface area contributed by atoms with Crippen LogP contribution in [-0.2, 0) is 20.2 Å². The number of tetrazole rings is 1. The third-order valence-corrected chi connectivity index (χ3v) is 1.98. The zero-order valence-corrected chi connectivity index (χ0v) is 9.37. The minimum Gasteiger partial charge on any atom is -0.482 e. The van der Waals surface area contributed by atoms with E-state index in [4.69, 9.17) is 4.74 Å². The minimum atomic E-state index is 0.311. The van der Waals surface area contributed by atoms with E-state index in [9.17, 15) is 0 Å². The Balaban J connectivity index is 1.89. The molecule has 7 nitrogen and oxygen atoms in total. The maximum atomic E-state index is 5.47.